The minimum absolute atomic E-state index is 0.190. The van der Waals surface area contributed by atoms with E-state index in [9.17, 15) is 0 Å². The maximum Gasteiger partial charge on any atom is 0.174 e. The van der Waals surface area contributed by atoms with E-state index in [0.29, 0.717) is 0 Å². The highest BCUT2D eigenvalue weighted by Gasteiger charge is 2.33. The average molecular weight is 694 g/mol. The summed E-state index contributed by atoms with van der Waals surface area (Å²) in [6, 6.07) is 54.0. The molecular weight excluding hydrogens is 665 g/mol. The van der Waals surface area contributed by atoms with Gasteiger partial charge in [0.15, 0.2) is 6.29 Å². The van der Waals surface area contributed by atoms with Crippen molar-refractivity contribution in [3.8, 4) is 5.69 Å². The molecule has 8 aromatic rings. The molecule has 1 aliphatic rings. The predicted molar refractivity (Wildman–Crippen MR) is 194 cm³/mol. The number of benzene rings is 6. The summed E-state index contributed by atoms with van der Waals surface area (Å²) in [6.07, 6.45) is -0.393. The van der Waals surface area contributed by atoms with E-state index in [1.54, 1.807) is 0 Å². The summed E-state index contributed by atoms with van der Waals surface area (Å²) in [5.41, 5.74) is 8.14. The van der Waals surface area contributed by atoms with Gasteiger partial charge < -0.3 is 9.13 Å². The number of amidine groups is 1. The Morgan fingerprint density at radius 2 is 1.07 bits per heavy atom. The molecule has 0 radical (unpaired) electrons. The molecule has 45 heavy (non-hydrogen) atoms. The molecule has 216 valence electrons. The lowest BCUT2D eigenvalue weighted by atomic mass is 10.1. The molecule has 1 N–H and O–H groups in total. The summed E-state index contributed by atoms with van der Waals surface area (Å²) in [5.74, 6) is 0.946. The van der Waals surface area contributed by atoms with Crippen LogP contribution in [0, 0.1) is 0 Å². The molecule has 6 aromatic carbocycles. The third kappa shape index (κ3) is 4.20. The third-order valence-electron chi connectivity index (χ3n) is 8.90. The Morgan fingerprint density at radius 3 is 1.73 bits per heavy atom. The van der Waals surface area contributed by atoms with E-state index >= 15 is 0 Å². The molecule has 5 nitrogen and oxygen atoms in total. The smallest absolute Gasteiger partial charge is 0.174 e. The summed E-state index contributed by atoms with van der Waals surface area (Å²) >= 11 is 2.43. The highest BCUT2D eigenvalue weighted by Crippen LogP contribution is 2.39. The zero-order chi connectivity index (χ0) is 29.9. The van der Waals surface area contributed by atoms with E-state index in [1.165, 1.54) is 43.6 Å². The number of halogens is 1. The van der Waals surface area contributed by atoms with Gasteiger partial charge in [-0.15, -0.1) is 0 Å². The minimum Gasteiger partial charge on any atom is -0.309 e. The number of fused-ring (bicyclic) bond motifs is 6. The number of hydrogen-bond donors (Lipinski definition) is 1. The standard InChI is InChI=1S/C39H28IN5/c40-45-38(27-15-5-2-6-16-27)41-37(26-13-3-1-4-14-26)42-39(45)44-35-22-12-9-19-31(35)32-25-28(23-24-36(32)44)43-33-20-10-7-17-29(33)30-18-8-11-21-34(30)43/h1-25,37,39,42H. The molecule has 0 amide bonds. The molecule has 2 aromatic heterocycles. The Bertz CT molecular complexity index is 2340. The second-order valence-corrected chi connectivity index (χ2v) is 12.5. The molecule has 9 rings (SSSR count). The first-order valence-electron chi connectivity index (χ1n) is 15.2. The predicted octanol–water partition coefficient (Wildman–Crippen LogP) is 9.75. The molecule has 1 aliphatic heterocycles. The van der Waals surface area contributed by atoms with Gasteiger partial charge in [-0.3, -0.25) is 8.43 Å². The van der Waals surface area contributed by atoms with Crippen LogP contribution in [0.1, 0.15) is 23.6 Å². The summed E-state index contributed by atoms with van der Waals surface area (Å²) in [7, 11) is 0. The highest BCUT2D eigenvalue weighted by atomic mass is 127. The number of aromatic nitrogens is 2. The zero-order valence-corrected chi connectivity index (χ0v) is 26.4. The normalized spacial score (nSPS) is 17.0. The van der Waals surface area contributed by atoms with E-state index in [0.717, 1.165) is 22.6 Å². The first-order valence-corrected chi connectivity index (χ1v) is 16.1. The lowest BCUT2D eigenvalue weighted by Gasteiger charge is -2.38. The molecular formula is C39H28IN5. The number of para-hydroxylation sites is 3. The Kier molecular flexibility index (Phi) is 6.24. The van der Waals surface area contributed by atoms with E-state index in [1.807, 2.05) is 0 Å². The molecule has 0 saturated carbocycles. The van der Waals surface area contributed by atoms with Gasteiger partial charge in [-0.25, -0.2) is 4.99 Å². The number of hydrogen-bond acceptors (Lipinski definition) is 3. The summed E-state index contributed by atoms with van der Waals surface area (Å²) in [5, 5.41) is 8.86. The van der Waals surface area contributed by atoms with Crippen LogP contribution >= 0.6 is 22.9 Å². The number of aliphatic imine (C=N–C) groups is 1. The number of nitrogens with zero attached hydrogens (tertiary/aromatic N) is 4. The second kappa shape index (κ2) is 10.6. The third-order valence-corrected chi connectivity index (χ3v) is 9.88. The molecule has 0 fully saturated rings. The first kappa shape index (κ1) is 26.5. The van der Waals surface area contributed by atoms with Gasteiger partial charge >= 0.3 is 0 Å². The van der Waals surface area contributed by atoms with Crippen molar-refractivity contribution in [2.75, 3.05) is 0 Å². The van der Waals surface area contributed by atoms with E-state index in [4.69, 9.17) is 4.99 Å². The Hall–Kier alpha value is -4.92. The monoisotopic (exact) mass is 693 g/mol. The molecule has 0 spiro atoms. The van der Waals surface area contributed by atoms with Crippen LogP contribution in [0.5, 0.6) is 0 Å². The highest BCUT2D eigenvalue weighted by molar-refractivity contribution is 14.1. The van der Waals surface area contributed by atoms with E-state index < -0.39 is 0 Å². The van der Waals surface area contributed by atoms with Gasteiger partial charge in [0.2, 0.25) is 0 Å². The number of rotatable bonds is 4. The molecule has 0 saturated heterocycles. The first-order chi connectivity index (χ1) is 22.3. The Balaban J connectivity index is 1.26. The van der Waals surface area contributed by atoms with Crippen molar-refractivity contribution >= 4 is 72.3 Å². The van der Waals surface area contributed by atoms with Crippen LogP contribution in [0.4, 0.5) is 0 Å². The van der Waals surface area contributed by atoms with Crippen molar-refractivity contribution in [3.05, 3.63) is 163 Å². The minimum atomic E-state index is -0.203. The Labute approximate surface area is 274 Å². The second-order valence-electron chi connectivity index (χ2n) is 11.4. The van der Waals surface area contributed by atoms with Gasteiger partial charge in [0, 0.05) is 32.8 Å². The molecule has 2 atom stereocenters. The SMILES string of the molecule is IN1C(c2ccccc2)=NC(c2ccccc2)NC1n1c2ccccc2c2cc(-n3c4ccccc4c4ccccc43)ccc21. The van der Waals surface area contributed by atoms with Gasteiger partial charge in [0.25, 0.3) is 0 Å². The topological polar surface area (TPSA) is 37.5 Å². The average Bonchev–Trinajstić information content (AvgIpc) is 3.62. The molecule has 2 unspecified atom stereocenters. The van der Waals surface area contributed by atoms with Crippen LogP contribution < -0.4 is 5.32 Å². The summed E-state index contributed by atoms with van der Waals surface area (Å²) < 4.78 is 7.06. The summed E-state index contributed by atoms with van der Waals surface area (Å²) in [6.45, 7) is 0. The van der Waals surface area contributed by atoms with Gasteiger partial charge in [0.1, 0.15) is 12.0 Å². The fourth-order valence-corrected chi connectivity index (χ4v) is 7.71. The Morgan fingerprint density at radius 1 is 0.533 bits per heavy atom. The summed E-state index contributed by atoms with van der Waals surface area (Å²) in [4.78, 5) is 5.24. The van der Waals surface area contributed by atoms with Crippen molar-refractivity contribution in [3.63, 3.8) is 0 Å². The maximum absolute atomic E-state index is 5.24. The van der Waals surface area contributed by atoms with Gasteiger partial charge in [0.05, 0.1) is 44.9 Å². The molecule has 6 heteroatoms. The zero-order valence-electron chi connectivity index (χ0n) is 24.3. The van der Waals surface area contributed by atoms with E-state index in [2.05, 4.69) is 192 Å². The van der Waals surface area contributed by atoms with Crippen molar-refractivity contribution < 1.29 is 0 Å². The van der Waals surface area contributed by atoms with Crippen LogP contribution in [0.3, 0.4) is 0 Å². The van der Waals surface area contributed by atoms with Crippen molar-refractivity contribution in [2.45, 2.75) is 12.5 Å². The number of nitrogens with one attached hydrogen (secondary N) is 1. The van der Waals surface area contributed by atoms with Crippen LogP contribution in [-0.2, 0) is 0 Å². The van der Waals surface area contributed by atoms with Crippen LogP contribution in [0.2, 0.25) is 0 Å². The lowest BCUT2D eigenvalue weighted by molar-refractivity contribution is 0.266. The fourth-order valence-electron chi connectivity index (χ4n) is 6.90. The van der Waals surface area contributed by atoms with E-state index in [-0.39, 0.29) is 12.5 Å². The van der Waals surface area contributed by atoms with Crippen molar-refractivity contribution in [1.29, 1.82) is 0 Å². The quantitative estimate of drug-likeness (QED) is 0.147. The van der Waals surface area contributed by atoms with Crippen LogP contribution in [0.25, 0.3) is 49.3 Å². The van der Waals surface area contributed by atoms with Crippen LogP contribution in [0.15, 0.2) is 157 Å². The van der Waals surface area contributed by atoms with Gasteiger partial charge in [-0.1, -0.05) is 115 Å². The molecule has 0 aliphatic carbocycles. The van der Waals surface area contributed by atoms with Crippen LogP contribution in [-0.4, -0.2) is 18.1 Å². The fraction of sp³-hybridized carbons (Fsp3) is 0.0513. The maximum atomic E-state index is 5.24. The van der Waals surface area contributed by atoms with Crippen molar-refractivity contribution in [2.24, 2.45) is 4.99 Å². The van der Waals surface area contributed by atoms with Crippen molar-refractivity contribution in [1.82, 2.24) is 17.6 Å². The lowest BCUT2D eigenvalue weighted by Crippen LogP contribution is -2.46. The van der Waals surface area contributed by atoms with Gasteiger partial charge in [-0.2, -0.15) is 0 Å². The molecule has 3 heterocycles. The molecule has 0 bridgehead atoms. The largest absolute Gasteiger partial charge is 0.309 e. The van der Waals surface area contributed by atoms with Gasteiger partial charge in [-0.05, 0) is 42.0 Å².